The highest BCUT2D eigenvalue weighted by molar-refractivity contribution is 6.30. The van der Waals surface area contributed by atoms with Gasteiger partial charge in [0.15, 0.2) is 0 Å². The van der Waals surface area contributed by atoms with E-state index in [0.29, 0.717) is 17.1 Å². The fourth-order valence-corrected chi connectivity index (χ4v) is 2.32. The summed E-state index contributed by atoms with van der Waals surface area (Å²) < 4.78 is 19.4. The molecule has 0 spiro atoms. The molecule has 0 saturated heterocycles. The van der Waals surface area contributed by atoms with Gasteiger partial charge in [0.25, 0.3) is 0 Å². The maximum atomic E-state index is 13.6. The average Bonchev–Trinajstić information content (AvgIpc) is 2.52. The zero-order valence-corrected chi connectivity index (χ0v) is 13.5. The molecule has 0 aliphatic rings. The Morgan fingerprint density at radius 3 is 2.73 bits per heavy atom. The zero-order valence-electron chi connectivity index (χ0n) is 12.7. The standard InChI is InChI=1S/C18H21ClFNO/c1-2-3-10-21-12-15-11-16(19)8-9-18(15)22-13-14-6-4-5-7-17(14)20/h4-9,11,21H,2-3,10,12-13H2,1H3. The summed E-state index contributed by atoms with van der Waals surface area (Å²) in [5, 5.41) is 4.04. The number of unbranched alkanes of at least 4 members (excludes halogenated alkanes) is 1. The predicted octanol–water partition coefficient (Wildman–Crippen LogP) is 4.95. The second-order valence-electron chi connectivity index (χ2n) is 5.16. The van der Waals surface area contributed by atoms with Crippen molar-refractivity contribution in [1.82, 2.24) is 5.32 Å². The molecular formula is C18H21ClFNO. The molecule has 2 rings (SSSR count). The molecule has 2 aromatic rings. The Hall–Kier alpha value is -1.58. The highest BCUT2D eigenvalue weighted by atomic mass is 35.5. The van der Waals surface area contributed by atoms with Gasteiger partial charge in [-0.05, 0) is 37.2 Å². The van der Waals surface area contributed by atoms with E-state index < -0.39 is 0 Å². The van der Waals surface area contributed by atoms with Gasteiger partial charge in [0.05, 0.1) is 0 Å². The molecule has 0 saturated carbocycles. The largest absolute Gasteiger partial charge is 0.488 e. The molecule has 118 valence electrons. The van der Waals surface area contributed by atoms with Crippen molar-refractivity contribution in [1.29, 1.82) is 0 Å². The van der Waals surface area contributed by atoms with Gasteiger partial charge in [0, 0.05) is 22.7 Å². The van der Waals surface area contributed by atoms with Crippen LogP contribution in [0.5, 0.6) is 5.75 Å². The summed E-state index contributed by atoms with van der Waals surface area (Å²) in [7, 11) is 0. The lowest BCUT2D eigenvalue weighted by molar-refractivity contribution is 0.296. The van der Waals surface area contributed by atoms with Crippen molar-refractivity contribution in [2.45, 2.75) is 32.9 Å². The first kappa shape index (κ1) is 16.8. The lowest BCUT2D eigenvalue weighted by atomic mass is 10.2. The first-order chi connectivity index (χ1) is 10.7. The van der Waals surface area contributed by atoms with Crippen molar-refractivity contribution >= 4 is 11.6 Å². The second-order valence-corrected chi connectivity index (χ2v) is 5.60. The highest BCUT2D eigenvalue weighted by Crippen LogP contribution is 2.24. The number of hydrogen-bond donors (Lipinski definition) is 1. The third kappa shape index (κ3) is 5.00. The summed E-state index contributed by atoms with van der Waals surface area (Å²) in [4.78, 5) is 0. The van der Waals surface area contributed by atoms with Gasteiger partial charge in [-0.1, -0.05) is 43.1 Å². The van der Waals surface area contributed by atoms with E-state index in [1.165, 1.54) is 6.07 Å². The Balaban J connectivity index is 2.01. The van der Waals surface area contributed by atoms with E-state index in [-0.39, 0.29) is 12.4 Å². The molecule has 0 atom stereocenters. The molecule has 0 bridgehead atoms. The van der Waals surface area contributed by atoms with Gasteiger partial charge in [-0.25, -0.2) is 4.39 Å². The van der Waals surface area contributed by atoms with Crippen LogP contribution in [0.25, 0.3) is 0 Å². The summed E-state index contributed by atoms with van der Waals surface area (Å²) in [6, 6.07) is 12.1. The monoisotopic (exact) mass is 321 g/mol. The van der Waals surface area contributed by atoms with Crippen LogP contribution < -0.4 is 10.1 Å². The van der Waals surface area contributed by atoms with Crippen LogP contribution in [0.3, 0.4) is 0 Å². The minimum atomic E-state index is -0.251. The Morgan fingerprint density at radius 1 is 1.14 bits per heavy atom. The molecule has 0 heterocycles. The van der Waals surface area contributed by atoms with E-state index in [1.807, 2.05) is 12.1 Å². The third-order valence-corrected chi connectivity index (χ3v) is 3.62. The van der Waals surface area contributed by atoms with Crippen LogP contribution in [-0.4, -0.2) is 6.54 Å². The van der Waals surface area contributed by atoms with Crippen LogP contribution in [-0.2, 0) is 13.2 Å². The minimum Gasteiger partial charge on any atom is -0.488 e. The van der Waals surface area contributed by atoms with Crippen molar-refractivity contribution in [2.24, 2.45) is 0 Å². The number of nitrogens with one attached hydrogen (secondary N) is 1. The summed E-state index contributed by atoms with van der Waals surface area (Å²) in [6.45, 7) is 4.00. The maximum Gasteiger partial charge on any atom is 0.129 e. The first-order valence-electron chi connectivity index (χ1n) is 7.56. The zero-order chi connectivity index (χ0) is 15.8. The molecule has 2 nitrogen and oxygen atoms in total. The molecule has 1 N–H and O–H groups in total. The Bertz CT molecular complexity index is 603. The van der Waals surface area contributed by atoms with Gasteiger partial charge in [-0.15, -0.1) is 0 Å². The van der Waals surface area contributed by atoms with E-state index in [2.05, 4.69) is 12.2 Å². The van der Waals surface area contributed by atoms with Gasteiger partial charge >= 0.3 is 0 Å². The van der Waals surface area contributed by atoms with Crippen molar-refractivity contribution in [3.05, 3.63) is 64.4 Å². The Morgan fingerprint density at radius 2 is 1.95 bits per heavy atom. The van der Waals surface area contributed by atoms with Crippen LogP contribution in [0.4, 0.5) is 4.39 Å². The number of benzene rings is 2. The van der Waals surface area contributed by atoms with Gasteiger partial charge in [0.1, 0.15) is 18.2 Å². The van der Waals surface area contributed by atoms with E-state index in [9.17, 15) is 4.39 Å². The fourth-order valence-electron chi connectivity index (χ4n) is 2.12. The number of rotatable bonds is 8. The van der Waals surface area contributed by atoms with E-state index in [1.54, 1.807) is 24.3 Å². The second kappa shape index (κ2) is 8.76. The summed E-state index contributed by atoms with van der Waals surface area (Å²) in [6.07, 6.45) is 2.28. The molecule has 2 aromatic carbocycles. The summed E-state index contributed by atoms with van der Waals surface area (Å²) in [5.41, 5.74) is 1.53. The normalized spacial score (nSPS) is 10.7. The number of halogens is 2. The quantitative estimate of drug-likeness (QED) is 0.695. The SMILES string of the molecule is CCCCNCc1cc(Cl)ccc1OCc1ccccc1F. The summed E-state index contributed by atoms with van der Waals surface area (Å²) >= 11 is 6.06. The van der Waals surface area contributed by atoms with Crippen LogP contribution in [0.15, 0.2) is 42.5 Å². The highest BCUT2D eigenvalue weighted by Gasteiger charge is 2.07. The molecule has 4 heteroatoms. The maximum absolute atomic E-state index is 13.6. The molecule has 22 heavy (non-hydrogen) atoms. The number of hydrogen-bond acceptors (Lipinski definition) is 2. The molecule has 0 aliphatic carbocycles. The topological polar surface area (TPSA) is 21.3 Å². The van der Waals surface area contributed by atoms with Crippen molar-refractivity contribution in [3.8, 4) is 5.75 Å². The van der Waals surface area contributed by atoms with Crippen molar-refractivity contribution in [2.75, 3.05) is 6.54 Å². The van der Waals surface area contributed by atoms with Gasteiger partial charge in [-0.3, -0.25) is 0 Å². The van der Waals surface area contributed by atoms with E-state index in [4.69, 9.17) is 16.3 Å². The minimum absolute atomic E-state index is 0.205. The van der Waals surface area contributed by atoms with Gasteiger partial charge < -0.3 is 10.1 Å². The lowest BCUT2D eigenvalue weighted by Crippen LogP contribution is -2.15. The fraction of sp³-hybridized carbons (Fsp3) is 0.333. The number of ether oxygens (including phenoxy) is 1. The summed E-state index contributed by atoms with van der Waals surface area (Å²) in [5.74, 6) is 0.482. The first-order valence-corrected chi connectivity index (χ1v) is 7.94. The van der Waals surface area contributed by atoms with Crippen LogP contribution >= 0.6 is 11.6 Å². The molecule has 0 unspecified atom stereocenters. The van der Waals surface area contributed by atoms with Gasteiger partial charge in [0.2, 0.25) is 0 Å². The predicted molar refractivity (Wildman–Crippen MR) is 88.8 cm³/mol. The van der Waals surface area contributed by atoms with E-state index >= 15 is 0 Å². The Labute approximate surface area is 136 Å². The van der Waals surface area contributed by atoms with Crippen LogP contribution in [0, 0.1) is 5.82 Å². The van der Waals surface area contributed by atoms with E-state index in [0.717, 1.165) is 30.7 Å². The van der Waals surface area contributed by atoms with Gasteiger partial charge in [-0.2, -0.15) is 0 Å². The third-order valence-electron chi connectivity index (χ3n) is 3.39. The molecule has 0 aliphatic heterocycles. The molecular weight excluding hydrogens is 301 g/mol. The molecule has 0 aromatic heterocycles. The Kier molecular flexibility index (Phi) is 6.69. The smallest absolute Gasteiger partial charge is 0.129 e. The molecule has 0 radical (unpaired) electrons. The van der Waals surface area contributed by atoms with Crippen LogP contribution in [0.1, 0.15) is 30.9 Å². The molecule has 0 amide bonds. The van der Waals surface area contributed by atoms with Crippen molar-refractivity contribution < 1.29 is 9.13 Å². The van der Waals surface area contributed by atoms with Crippen molar-refractivity contribution in [3.63, 3.8) is 0 Å². The van der Waals surface area contributed by atoms with Crippen LogP contribution in [0.2, 0.25) is 5.02 Å². The lowest BCUT2D eigenvalue weighted by Gasteiger charge is -2.13. The average molecular weight is 322 g/mol. The molecule has 0 fully saturated rings.